The van der Waals surface area contributed by atoms with Gasteiger partial charge >= 0.3 is 29.6 Å². The van der Waals surface area contributed by atoms with Gasteiger partial charge in [0.25, 0.3) is 0 Å². The molecule has 0 fully saturated rings. The zero-order valence-electron chi connectivity index (χ0n) is 20.3. The van der Waals surface area contributed by atoms with E-state index in [0.717, 1.165) is 0 Å². The number of hydrogen-bond donors (Lipinski definition) is 0. The molecule has 5 rings (SSSR count). The topological polar surface area (TPSA) is 150 Å². The second-order valence-corrected chi connectivity index (χ2v) is 10.3. The van der Waals surface area contributed by atoms with Gasteiger partial charge in [0.2, 0.25) is 0 Å². The van der Waals surface area contributed by atoms with Crippen LogP contribution in [-0.2, 0) is 34.7 Å². The van der Waals surface area contributed by atoms with Crippen molar-refractivity contribution in [3.05, 3.63) is 84.2 Å². The fourth-order valence-corrected chi connectivity index (χ4v) is 6.11. The zero-order valence-corrected chi connectivity index (χ0v) is 23.9. The van der Waals surface area contributed by atoms with Crippen LogP contribution in [0.2, 0.25) is 0 Å². The first kappa shape index (κ1) is 28.9. The molecule has 3 N–H and O–H groups in total. The first-order valence-corrected chi connectivity index (χ1v) is 13.1. The molecule has 11 heteroatoms. The van der Waals surface area contributed by atoms with Crippen molar-refractivity contribution >= 4 is 42.6 Å². The van der Waals surface area contributed by atoms with E-state index >= 15 is 0 Å². The van der Waals surface area contributed by atoms with E-state index in [0.29, 0.717) is 44.2 Å². The maximum absolute atomic E-state index is 12.3. The Balaban J connectivity index is 0.00000190. The van der Waals surface area contributed by atoms with Crippen LogP contribution in [0.3, 0.4) is 0 Å². The van der Waals surface area contributed by atoms with Gasteiger partial charge in [0, 0.05) is 22.0 Å². The van der Waals surface area contributed by atoms with Crippen LogP contribution in [0.25, 0.3) is 44.1 Å². The smallest absolute Gasteiger partial charge is 0.744 e. The molecular weight excluding hydrogens is 523 g/mol. The first-order chi connectivity index (χ1) is 16.7. The number of hydrogen-bond acceptors (Lipinski definition) is 8. The number of pyridine rings is 2. The molecule has 0 spiro atoms. The molecule has 2 heterocycles. The molecule has 0 saturated heterocycles. The van der Waals surface area contributed by atoms with Crippen LogP contribution in [0, 0.1) is 13.8 Å². The minimum Gasteiger partial charge on any atom is -0.744 e. The predicted molar refractivity (Wildman–Crippen MR) is 137 cm³/mol. The number of aryl methyl sites for hydroxylation is 2. The average Bonchev–Trinajstić information content (AvgIpc) is 2.82. The molecule has 0 aliphatic heterocycles. The number of fused-ring (bicyclic) bond motifs is 3. The molecule has 0 radical (unpaired) electrons. The molecule has 0 aliphatic carbocycles. The molecule has 37 heavy (non-hydrogen) atoms. The Labute approximate surface area is 237 Å². The third-order valence-electron chi connectivity index (χ3n) is 5.90. The molecule has 0 atom stereocenters. The minimum atomic E-state index is -4.85. The Bertz CT molecular complexity index is 1820. The Morgan fingerprint density at radius 2 is 1.14 bits per heavy atom. The zero-order chi connectivity index (χ0) is 24.9. The summed E-state index contributed by atoms with van der Waals surface area (Å²) >= 11 is 0. The van der Waals surface area contributed by atoms with E-state index in [1.165, 1.54) is 6.92 Å². The largest absolute Gasteiger partial charge is 1.00 e. The second kappa shape index (κ2) is 11.0. The molecule has 0 unspecified atom stereocenters. The summed E-state index contributed by atoms with van der Waals surface area (Å²) in [4.78, 5) is 8.81. The van der Waals surface area contributed by atoms with Gasteiger partial charge in [-0.3, -0.25) is 4.98 Å². The van der Waals surface area contributed by atoms with Crippen molar-refractivity contribution in [3.63, 3.8) is 0 Å². The molecule has 0 bridgehead atoms. The van der Waals surface area contributed by atoms with E-state index in [2.05, 4.69) is 9.97 Å². The maximum Gasteiger partial charge on any atom is 1.00 e. The standard InChI is InChI=1S/C26H19N2O5S2.Na.H2O/c1-15-25(34(29)30)21(17-9-5-3-6-10-17)19-13-14-20-22(18-11-7-4-8-12-18)26(35(31,32)33)16(2)28-24(20)23(19)27-15;;/h3-14H,1-2H3,(H,31,32,33);;1H2/q-1;+1;. The molecule has 0 aliphatic rings. The average molecular weight is 545 g/mol. The van der Waals surface area contributed by atoms with Crippen molar-refractivity contribution in [2.75, 3.05) is 0 Å². The summed E-state index contributed by atoms with van der Waals surface area (Å²) in [5.41, 5.74) is 3.13. The number of nitrogens with zero attached hydrogens (tertiary/aromatic N) is 2. The fourth-order valence-electron chi connectivity index (χ4n) is 4.55. The van der Waals surface area contributed by atoms with Crippen LogP contribution in [-0.4, -0.2) is 22.9 Å². The van der Waals surface area contributed by atoms with Crippen molar-refractivity contribution in [2.45, 2.75) is 23.6 Å². The third kappa shape index (κ3) is 5.06. The fraction of sp³-hybridized carbons (Fsp3) is 0.0769. The van der Waals surface area contributed by atoms with E-state index in [-0.39, 0.29) is 56.1 Å². The van der Waals surface area contributed by atoms with Crippen molar-refractivity contribution in [2.24, 2.45) is 0 Å². The van der Waals surface area contributed by atoms with Crippen LogP contribution in [0.5, 0.6) is 0 Å². The van der Waals surface area contributed by atoms with Gasteiger partial charge in [-0.05, 0) is 41.2 Å². The first-order valence-electron chi connectivity index (χ1n) is 10.6. The van der Waals surface area contributed by atoms with Crippen LogP contribution in [0.15, 0.2) is 82.6 Å². The molecule has 0 saturated carbocycles. The minimum absolute atomic E-state index is 0. The van der Waals surface area contributed by atoms with Crippen LogP contribution in [0.1, 0.15) is 11.4 Å². The Kier molecular flexibility index (Phi) is 8.55. The summed E-state index contributed by atoms with van der Waals surface area (Å²) in [7, 11) is -7.40. The van der Waals surface area contributed by atoms with Gasteiger partial charge in [-0.1, -0.05) is 77.7 Å². The number of rotatable bonds is 4. The molecule has 3 aromatic carbocycles. The van der Waals surface area contributed by atoms with Crippen LogP contribution in [0.4, 0.5) is 0 Å². The van der Waals surface area contributed by atoms with Gasteiger partial charge in [-0.2, -0.15) is 0 Å². The molecule has 0 amide bonds. The third-order valence-corrected chi connectivity index (χ3v) is 7.73. The van der Waals surface area contributed by atoms with E-state index < -0.39 is 20.8 Å². The normalized spacial score (nSPS) is 11.4. The predicted octanol–water partition coefficient (Wildman–Crippen LogP) is 1.39. The van der Waals surface area contributed by atoms with Crippen LogP contribution >= 0.6 is 0 Å². The second-order valence-electron chi connectivity index (χ2n) is 8.08. The summed E-state index contributed by atoms with van der Waals surface area (Å²) in [6.07, 6.45) is 0. The Morgan fingerprint density at radius 1 is 0.703 bits per heavy atom. The summed E-state index contributed by atoms with van der Waals surface area (Å²) < 4.78 is 61.3. The molecule has 184 valence electrons. The van der Waals surface area contributed by atoms with Gasteiger partial charge in [-0.15, -0.1) is 0 Å². The molecule has 5 aromatic rings. The summed E-state index contributed by atoms with van der Waals surface area (Å²) in [6, 6.07) is 21.2. The quantitative estimate of drug-likeness (QED) is 0.109. The Hall–Kier alpha value is -2.70. The van der Waals surface area contributed by atoms with Crippen molar-refractivity contribution in [1.82, 2.24) is 9.97 Å². The van der Waals surface area contributed by atoms with Crippen LogP contribution < -0.4 is 29.6 Å². The summed E-state index contributed by atoms with van der Waals surface area (Å²) in [5.74, 6) is 0. The van der Waals surface area contributed by atoms with E-state index in [1.807, 2.05) is 30.3 Å². The summed E-state index contributed by atoms with van der Waals surface area (Å²) in [5, 5.41) is 0.989. The van der Waals surface area contributed by atoms with Crippen molar-refractivity contribution in [3.8, 4) is 22.3 Å². The van der Waals surface area contributed by atoms with Gasteiger partial charge in [0.1, 0.15) is 10.1 Å². The molecule has 8 nitrogen and oxygen atoms in total. The van der Waals surface area contributed by atoms with Gasteiger partial charge in [0.05, 0.1) is 21.6 Å². The number of benzene rings is 3. The SMILES string of the molecule is Cc1nc2c(ccc3c(-c4ccccc4)c(S(=O)(=O)[O-])c(C)nc32)c(-c2ccccc2)c1[S-](=O)=O.[Na+].[OH3+]. The van der Waals surface area contributed by atoms with Gasteiger partial charge in [-0.25, -0.2) is 13.4 Å². The van der Waals surface area contributed by atoms with E-state index in [1.54, 1.807) is 49.4 Å². The van der Waals surface area contributed by atoms with Gasteiger partial charge in [0.15, 0.2) is 0 Å². The maximum atomic E-state index is 12.3. The Morgan fingerprint density at radius 3 is 1.59 bits per heavy atom. The summed E-state index contributed by atoms with van der Waals surface area (Å²) in [6.45, 7) is 3.08. The molecular formula is C26H21N2NaO6S2. The van der Waals surface area contributed by atoms with E-state index in [9.17, 15) is 21.4 Å². The molecule has 2 aromatic heterocycles. The van der Waals surface area contributed by atoms with Crippen molar-refractivity contribution < 1.29 is 56.4 Å². The van der Waals surface area contributed by atoms with Gasteiger partial charge < -0.3 is 18.4 Å². The number of aromatic nitrogens is 2. The van der Waals surface area contributed by atoms with E-state index in [4.69, 9.17) is 0 Å². The van der Waals surface area contributed by atoms with Crippen molar-refractivity contribution in [1.29, 1.82) is 0 Å². The monoisotopic (exact) mass is 544 g/mol.